The van der Waals surface area contributed by atoms with Crippen LogP contribution >= 0.6 is 35.0 Å². The number of hydrogen-bond donors (Lipinski definition) is 1. The van der Waals surface area contributed by atoms with Crippen LogP contribution in [0.15, 0.2) is 57.4 Å². The number of benzene rings is 1. The molecule has 4 aliphatic heterocycles. The topological polar surface area (TPSA) is 89.6 Å². The lowest BCUT2D eigenvalue weighted by molar-refractivity contribution is -0.152. The van der Waals surface area contributed by atoms with Gasteiger partial charge >= 0.3 is 17.9 Å². The van der Waals surface area contributed by atoms with Gasteiger partial charge in [0.1, 0.15) is 25.9 Å². The van der Waals surface area contributed by atoms with Crippen LogP contribution in [0.1, 0.15) is 27.2 Å². The van der Waals surface area contributed by atoms with Gasteiger partial charge in [-0.15, -0.1) is 11.8 Å². The second kappa shape index (κ2) is 12.4. The van der Waals surface area contributed by atoms with E-state index < -0.39 is 17.9 Å². The summed E-state index contributed by atoms with van der Waals surface area (Å²) < 4.78 is 23.0. The van der Waals surface area contributed by atoms with Gasteiger partial charge in [0, 0.05) is 38.0 Å². The van der Waals surface area contributed by atoms with Crippen LogP contribution < -0.4 is 5.32 Å². The van der Waals surface area contributed by atoms with Gasteiger partial charge in [-0.3, -0.25) is 0 Å². The molecule has 1 unspecified atom stereocenters. The van der Waals surface area contributed by atoms with E-state index in [0.717, 1.165) is 16.4 Å². The van der Waals surface area contributed by atoms with Crippen LogP contribution in [0, 0.1) is 5.92 Å². The molecule has 1 aromatic carbocycles. The van der Waals surface area contributed by atoms with E-state index in [2.05, 4.69) is 15.1 Å². The number of carbonyl (C=O) groups excluding carboxylic acids is 2. The first-order valence-corrected chi connectivity index (χ1v) is 15.2. The van der Waals surface area contributed by atoms with Crippen LogP contribution in [0.25, 0.3) is 0 Å². The molecule has 1 N–H and O–H groups in total. The van der Waals surface area contributed by atoms with Gasteiger partial charge in [-0.1, -0.05) is 37.0 Å². The molecule has 0 spiro atoms. The van der Waals surface area contributed by atoms with Crippen LogP contribution in [0.3, 0.4) is 0 Å². The quantitative estimate of drug-likeness (QED) is 0.258. The van der Waals surface area contributed by atoms with Crippen molar-refractivity contribution in [3.63, 3.8) is 0 Å². The number of nitrogens with zero attached hydrogens (tertiary/aromatic N) is 2. The van der Waals surface area contributed by atoms with E-state index in [4.69, 9.17) is 42.1 Å². The van der Waals surface area contributed by atoms with Crippen LogP contribution in [-0.4, -0.2) is 79.6 Å². The highest BCUT2D eigenvalue weighted by Gasteiger charge is 2.41. The maximum absolute atomic E-state index is 13.5. The summed E-state index contributed by atoms with van der Waals surface area (Å²) in [5, 5.41) is 4.37. The molecule has 1 aromatic rings. The minimum Gasteiger partial charge on any atom is -0.461 e. The average Bonchev–Trinajstić information content (AvgIpc) is 2.90. The van der Waals surface area contributed by atoms with Crippen molar-refractivity contribution >= 4 is 46.9 Å². The van der Waals surface area contributed by atoms with Gasteiger partial charge in [-0.2, -0.15) is 0 Å². The van der Waals surface area contributed by atoms with Crippen molar-refractivity contribution < 1.29 is 28.5 Å². The fraction of sp³-hybridized carbons (Fsp3) is 0.500. The van der Waals surface area contributed by atoms with Crippen LogP contribution in [0.2, 0.25) is 10.0 Å². The lowest BCUT2D eigenvalue weighted by atomic mass is 9.86. The zero-order valence-electron chi connectivity index (χ0n) is 22.8. The molecule has 0 radical (unpaired) electrons. The van der Waals surface area contributed by atoms with Gasteiger partial charge in [0.15, 0.2) is 5.82 Å². The van der Waals surface area contributed by atoms with E-state index in [1.54, 1.807) is 6.07 Å². The number of nitrogens with one attached hydrogen (secondary N) is 1. The van der Waals surface area contributed by atoms with Gasteiger partial charge in [-0.25, -0.2) is 9.59 Å². The van der Waals surface area contributed by atoms with E-state index in [1.165, 1.54) is 11.8 Å². The maximum atomic E-state index is 13.5. The van der Waals surface area contributed by atoms with E-state index in [0.29, 0.717) is 84.4 Å². The van der Waals surface area contributed by atoms with Crippen molar-refractivity contribution in [1.82, 2.24) is 15.1 Å². The Kier molecular flexibility index (Phi) is 8.97. The predicted molar refractivity (Wildman–Crippen MR) is 152 cm³/mol. The molecular weight excluding hydrogens is 577 g/mol. The lowest BCUT2D eigenvalue weighted by Gasteiger charge is -2.47. The van der Waals surface area contributed by atoms with Crippen LogP contribution in [0.5, 0.6) is 0 Å². The summed E-state index contributed by atoms with van der Waals surface area (Å²) in [6.45, 7) is 9.43. The Morgan fingerprint density at radius 2 is 1.70 bits per heavy atom. The summed E-state index contributed by atoms with van der Waals surface area (Å²) in [7, 11) is 0. The Morgan fingerprint density at radius 1 is 1.05 bits per heavy atom. The summed E-state index contributed by atoms with van der Waals surface area (Å²) >= 11 is 13.6. The van der Waals surface area contributed by atoms with Crippen molar-refractivity contribution in [2.24, 2.45) is 5.92 Å². The molecule has 1 atom stereocenters. The normalized spacial score (nSPS) is 21.0. The van der Waals surface area contributed by atoms with Gasteiger partial charge < -0.3 is 34.1 Å². The third-order valence-electron chi connectivity index (χ3n) is 7.24. The minimum absolute atomic E-state index is 0.197. The highest BCUT2D eigenvalue weighted by molar-refractivity contribution is 7.99. The molecule has 0 amide bonds. The number of carbonyl (C=O) groups is 2. The Labute approximate surface area is 248 Å². The fourth-order valence-corrected chi connectivity index (χ4v) is 6.99. The average molecular weight is 611 g/mol. The smallest absolute Gasteiger partial charge is 0.336 e. The van der Waals surface area contributed by atoms with Gasteiger partial charge in [0.25, 0.3) is 0 Å². The first kappa shape index (κ1) is 28.8. The summed E-state index contributed by atoms with van der Waals surface area (Å²) in [5.74, 6) is 0.678. The molecule has 0 saturated carbocycles. The highest BCUT2D eigenvalue weighted by Crippen LogP contribution is 2.34. The standard InChI is InChI=1S/C28H33Cl2N3O6S/c1-4-22-24(26(34)36-9-10-40-21-12-18(29)11-19(30)13-21)16(2)23(17(3)31-22)27(35)39-20-14-32-5-7-37-28-25(32)33(15-20)6-8-38-28/h11-13,16,20,31H,4-10,14-15H2,1-3H3. The highest BCUT2D eigenvalue weighted by atomic mass is 35.5. The summed E-state index contributed by atoms with van der Waals surface area (Å²) in [4.78, 5) is 32.0. The van der Waals surface area contributed by atoms with Crippen molar-refractivity contribution in [3.05, 3.63) is 62.6 Å². The Hall–Kier alpha value is -2.69. The zero-order chi connectivity index (χ0) is 28.4. The second-order valence-electron chi connectivity index (χ2n) is 9.95. The molecule has 0 aliphatic carbocycles. The summed E-state index contributed by atoms with van der Waals surface area (Å²) in [5.41, 5.74) is 2.34. The van der Waals surface area contributed by atoms with Gasteiger partial charge in [0.2, 0.25) is 0 Å². The number of dihydropyridines is 1. The monoisotopic (exact) mass is 609 g/mol. The lowest BCUT2D eigenvalue weighted by Crippen LogP contribution is -2.56. The fourth-order valence-electron chi connectivity index (χ4n) is 5.52. The molecule has 0 aromatic heterocycles. The van der Waals surface area contributed by atoms with E-state index >= 15 is 0 Å². The Morgan fingerprint density at radius 3 is 2.33 bits per heavy atom. The molecule has 40 heavy (non-hydrogen) atoms. The molecule has 4 aliphatic rings. The predicted octanol–water partition coefficient (Wildman–Crippen LogP) is 4.52. The van der Waals surface area contributed by atoms with E-state index in [-0.39, 0.29) is 12.7 Å². The van der Waals surface area contributed by atoms with Crippen molar-refractivity contribution in [3.8, 4) is 0 Å². The Bertz CT molecular complexity index is 1240. The third-order valence-corrected chi connectivity index (χ3v) is 8.62. The third kappa shape index (κ3) is 6.14. The molecule has 1 fully saturated rings. The number of allylic oxidation sites excluding steroid dienone is 2. The first-order valence-electron chi connectivity index (χ1n) is 13.4. The molecule has 9 nitrogen and oxygen atoms in total. The molecule has 216 valence electrons. The maximum Gasteiger partial charge on any atom is 0.336 e. The van der Waals surface area contributed by atoms with Crippen molar-refractivity contribution in [1.29, 1.82) is 0 Å². The number of hydrogen-bond acceptors (Lipinski definition) is 10. The Balaban J connectivity index is 1.21. The zero-order valence-corrected chi connectivity index (χ0v) is 25.1. The minimum atomic E-state index is -0.479. The number of rotatable bonds is 8. The SMILES string of the molecule is CCC1=C(C(=O)OCCSc2cc(Cl)cc(Cl)c2)C(C)C(C(=O)OC2CN3CCOC4=C3N(CCO4)C2)=C(C)N1. The molecule has 4 heterocycles. The van der Waals surface area contributed by atoms with Crippen molar-refractivity contribution in [2.75, 3.05) is 51.8 Å². The number of esters is 2. The van der Waals surface area contributed by atoms with Crippen LogP contribution in [-0.2, 0) is 28.5 Å². The molecule has 5 rings (SSSR count). The molecular formula is C28H33Cl2N3O6S. The number of thioether (sulfide) groups is 1. The van der Waals surface area contributed by atoms with E-state index in [1.807, 2.05) is 32.9 Å². The summed E-state index contributed by atoms with van der Waals surface area (Å²) in [6, 6.07) is 5.30. The largest absolute Gasteiger partial charge is 0.461 e. The van der Waals surface area contributed by atoms with E-state index in [9.17, 15) is 9.59 Å². The molecule has 0 bridgehead atoms. The van der Waals surface area contributed by atoms with Gasteiger partial charge in [-0.05, 0) is 31.5 Å². The molecule has 12 heteroatoms. The van der Waals surface area contributed by atoms with Gasteiger partial charge in [0.05, 0.1) is 37.3 Å². The number of halogens is 2. The molecule has 1 saturated heterocycles. The summed E-state index contributed by atoms with van der Waals surface area (Å²) in [6.07, 6.45) is 0.267. The van der Waals surface area contributed by atoms with Crippen molar-refractivity contribution in [2.45, 2.75) is 38.2 Å². The first-order chi connectivity index (χ1) is 19.2. The number of ether oxygens (including phenoxy) is 4. The second-order valence-corrected chi connectivity index (χ2v) is 12.0. The van der Waals surface area contributed by atoms with Crippen LogP contribution in [0.4, 0.5) is 0 Å².